The van der Waals surface area contributed by atoms with E-state index in [0.717, 1.165) is 22.6 Å². The van der Waals surface area contributed by atoms with Gasteiger partial charge in [0.05, 0.1) is 6.54 Å². The van der Waals surface area contributed by atoms with Gasteiger partial charge in [-0.25, -0.2) is 0 Å². The van der Waals surface area contributed by atoms with Gasteiger partial charge in [0.1, 0.15) is 18.1 Å². The Bertz CT molecular complexity index is 1210. The number of aromatic nitrogens is 2. The molecule has 1 amide bonds. The molecule has 2 aromatic heterocycles. The molecule has 158 valence electrons. The van der Waals surface area contributed by atoms with Crippen LogP contribution in [-0.4, -0.2) is 15.7 Å². The molecule has 0 aliphatic rings. The highest BCUT2D eigenvalue weighted by Gasteiger charge is 2.15. The van der Waals surface area contributed by atoms with E-state index in [2.05, 4.69) is 10.4 Å². The molecule has 1 N–H and O–H groups in total. The maximum Gasteiger partial charge on any atom is 0.292 e. The van der Waals surface area contributed by atoms with Gasteiger partial charge < -0.3 is 14.5 Å². The average Bonchev–Trinajstić information content (AvgIpc) is 3.34. The van der Waals surface area contributed by atoms with E-state index in [4.69, 9.17) is 20.8 Å². The van der Waals surface area contributed by atoms with Gasteiger partial charge in [0.25, 0.3) is 5.91 Å². The number of amides is 1. The normalized spacial score (nSPS) is 10.8. The molecule has 0 unspecified atom stereocenters. The van der Waals surface area contributed by atoms with Gasteiger partial charge in [0.15, 0.2) is 11.6 Å². The van der Waals surface area contributed by atoms with E-state index in [-0.39, 0.29) is 18.3 Å². The average molecular weight is 436 g/mol. The monoisotopic (exact) mass is 435 g/mol. The van der Waals surface area contributed by atoms with Crippen molar-refractivity contribution in [2.24, 2.45) is 0 Å². The van der Waals surface area contributed by atoms with Crippen LogP contribution < -0.4 is 10.1 Å². The number of hydrogen-bond acceptors (Lipinski definition) is 4. The molecule has 0 saturated carbocycles. The van der Waals surface area contributed by atoms with Gasteiger partial charge >= 0.3 is 0 Å². The quantitative estimate of drug-likeness (QED) is 0.408. The maximum atomic E-state index is 12.6. The summed E-state index contributed by atoms with van der Waals surface area (Å²) in [6, 6.07) is 20.5. The third kappa shape index (κ3) is 5.16. The Morgan fingerprint density at radius 3 is 2.74 bits per heavy atom. The second-order valence-corrected chi connectivity index (χ2v) is 7.67. The summed E-state index contributed by atoms with van der Waals surface area (Å²) in [7, 11) is 0. The first kappa shape index (κ1) is 20.8. The van der Waals surface area contributed by atoms with E-state index < -0.39 is 0 Å². The number of para-hydroxylation sites is 1. The van der Waals surface area contributed by atoms with Crippen molar-refractivity contribution in [2.45, 2.75) is 27.0 Å². The predicted octanol–water partition coefficient (Wildman–Crippen LogP) is 5.63. The van der Waals surface area contributed by atoms with Gasteiger partial charge in [0.2, 0.25) is 0 Å². The lowest BCUT2D eigenvalue weighted by Gasteiger charge is -2.06. The van der Waals surface area contributed by atoms with Crippen LogP contribution >= 0.6 is 11.6 Å². The zero-order valence-electron chi connectivity index (χ0n) is 17.3. The van der Waals surface area contributed by atoms with E-state index in [1.807, 2.05) is 73.1 Å². The molecule has 6 nitrogen and oxygen atoms in total. The Balaban J connectivity index is 1.38. The Morgan fingerprint density at radius 1 is 1.10 bits per heavy atom. The third-order valence-corrected chi connectivity index (χ3v) is 5.03. The molecule has 31 heavy (non-hydrogen) atoms. The number of halogens is 1. The fourth-order valence-electron chi connectivity index (χ4n) is 3.16. The fourth-order valence-corrected chi connectivity index (χ4v) is 3.38. The second kappa shape index (κ2) is 9.10. The molecule has 0 atom stereocenters. The first-order valence-electron chi connectivity index (χ1n) is 9.85. The third-order valence-electron chi connectivity index (χ3n) is 4.79. The number of rotatable bonds is 7. The van der Waals surface area contributed by atoms with Gasteiger partial charge in [-0.2, -0.15) is 5.10 Å². The molecule has 0 bridgehead atoms. The summed E-state index contributed by atoms with van der Waals surface area (Å²) in [5, 5.41) is 7.93. The number of benzene rings is 2. The minimum atomic E-state index is -0.366. The number of anilines is 1. The van der Waals surface area contributed by atoms with Crippen LogP contribution in [0.4, 0.5) is 5.82 Å². The first-order chi connectivity index (χ1) is 15.0. The highest BCUT2D eigenvalue weighted by atomic mass is 35.5. The molecule has 0 aliphatic heterocycles. The van der Waals surface area contributed by atoms with Gasteiger partial charge in [-0.3, -0.25) is 9.48 Å². The highest BCUT2D eigenvalue weighted by Crippen LogP contribution is 2.20. The number of nitrogens with one attached hydrogen (secondary N) is 1. The van der Waals surface area contributed by atoms with Crippen molar-refractivity contribution in [3.05, 3.63) is 100 Å². The minimum Gasteiger partial charge on any atom is -0.485 e. The Kier molecular flexibility index (Phi) is 6.09. The zero-order chi connectivity index (χ0) is 21.8. The largest absolute Gasteiger partial charge is 0.485 e. The molecule has 4 aromatic rings. The molecular formula is C24H22ClN3O3. The van der Waals surface area contributed by atoms with E-state index in [9.17, 15) is 4.79 Å². The molecule has 0 aliphatic carbocycles. The number of carbonyl (C=O) groups excluding carboxylic acids is 1. The number of nitrogens with zero attached hydrogens (tertiary/aromatic N) is 2. The van der Waals surface area contributed by atoms with Crippen LogP contribution in [0.1, 0.15) is 33.1 Å². The van der Waals surface area contributed by atoms with Crippen LogP contribution in [0.5, 0.6) is 5.75 Å². The lowest BCUT2D eigenvalue weighted by atomic mass is 10.2. The predicted molar refractivity (Wildman–Crippen MR) is 120 cm³/mol. The molecule has 2 heterocycles. The highest BCUT2D eigenvalue weighted by molar-refractivity contribution is 6.30. The van der Waals surface area contributed by atoms with Crippen molar-refractivity contribution in [3.63, 3.8) is 0 Å². The summed E-state index contributed by atoms with van der Waals surface area (Å²) in [6.45, 7) is 4.71. The summed E-state index contributed by atoms with van der Waals surface area (Å²) < 4.78 is 13.2. The van der Waals surface area contributed by atoms with Crippen LogP contribution in [-0.2, 0) is 13.2 Å². The molecule has 0 fully saturated rings. The standard InChI is InChI=1S/C24H22ClN3O3/c1-16-6-3-4-9-21(16)30-15-20-10-11-22(31-20)24(29)26-23-12-17(2)28(27-23)14-18-7-5-8-19(25)13-18/h3-13H,14-15H2,1-2H3,(H,26,27,29). The van der Waals surface area contributed by atoms with Crippen molar-refractivity contribution in [1.82, 2.24) is 9.78 Å². The molecular weight excluding hydrogens is 414 g/mol. The fraction of sp³-hybridized carbons (Fsp3) is 0.167. The van der Waals surface area contributed by atoms with Crippen molar-refractivity contribution in [2.75, 3.05) is 5.32 Å². The van der Waals surface area contributed by atoms with E-state index in [1.165, 1.54) is 0 Å². The number of aryl methyl sites for hydroxylation is 2. The van der Waals surface area contributed by atoms with Gasteiger partial charge in [-0.15, -0.1) is 0 Å². The molecule has 7 heteroatoms. The molecule has 0 saturated heterocycles. The lowest BCUT2D eigenvalue weighted by Crippen LogP contribution is -2.12. The minimum absolute atomic E-state index is 0.199. The van der Waals surface area contributed by atoms with Crippen LogP contribution in [0.15, 0.2) is 71.1 Å². The molecule has 0 spiro atoms. The number of ether oxygens (including phenoxy) is 1. The van der Waals surface area contributed by atoms with Crippen LogP contribution in [0.2, 0.25) is 5.02 Å². The van der Waals surface area contributed by atoms with Gasteiger partial charge in [-0.05, 0) is 55.3 Å². The van der Waals surface area contributed by atoms with Crippen LogP contribution in [0.3, 0.4) is 0 Å². The van der Waals surface area contributed by atoms with Crippen LogP contribution in [0, 0.1) is 13.8 Å². The van der Waals surface area contributed by atoms with Crippen LogP contribution in [0.25, 0.3) is 0 Å². The number of hydrogen-bond donors (Lipinski definition) is 1. The molecule has 4 rings (SSSR count). The summed E-state index contributed by atoms with van der Waals surface area (Å²) in [5.41, 5.74) is 2.98. The summed E-state index contributed by atoms with van der Waals surface area (Å²) in [5.74, 6) is 1.64. The molecule has 2 aromatic carbocycles. The van der Waals surface area contributed by atoms with E-state index >= 15 is 0 Å². The van der Waals surface area contributed by atoms with E-state index in [0.29, 0.717) is 23.1 Å². The van der Waals surface area contributed by atoms with Gasteiger partial charge in [-0.1, -0.05) is 41.9 Å². The maximum absolute atomic E-state index is 12.6. The Labute approximate surface area is 185 Å². The molecule has 0 radical (unpaired) electrons. The summed E-state index contributed by atoms with van der Waals surface area (Å²) in [6.07, 6.45) is 0. The van der Waals surface area contributed by atoms with Crippen molar-refractivity contribution >= 4 is 23.3 Å². The van der Waals surface area contributed by atoms with Crippen molar-refractivity contribution in [1.29, 1.82) is 0 Å². The van der Waals surface area contributed by atoms with E-state index in [1.54, 1.807) is 12.1 Å². The summed E-state index contributed by atoms with van der Waals surface area (Å²) >= 11 is 6.05. The first-order valence-corrected chi connectivity index (χ1v) is 10.2. The second-order valence-electron chi connectivity index (χ2n) is 7.23. The zero-order valence-corrected chi connectivity index (χ0v) is 18.0. The summed E-state index contributed by atoms with van der Waals surface area (Å²) in [4.78, 5) is 12.6. The lowest BCUT2D eigenvalue weighted by molar-refractivity contribution is 0.0992. The number of furan rings is 1. The SMILES string of the molecule is Cc1ccccc1OCc1ccc(C(=O)Nc2cc(C)n(Cc3cccc(Cl)c3)n2)o1. The van der Waals surface area contributed by atoms with Gasteiger partial charge in [0, 0.05) is 16.8 Å². The van der Waals surface area contributed by atoms with Crippen molar-refractivity contribution < 1.29 is 13.9 Å². The Morgan fingerprint density at radius 2 is 1.94 bits per heavy atom. The van der Waals surface area contributed by atoms with Crippen molar-refractivity contribution in [3.8, 4) is 5.75 Å². The number of carbonyl (C=O) groups is 1. The smallest absolute Gasteiger partial charge is 0.292 e. The Hall–Kier alpha value is -3.51. The topological polar surface area (TPSA) is 69.3 Å².